The highest BCUT2D eigenvalue weighted by Gasteiger charge is 2.27. The van der Waals surface area contributed by atoms with Crippen LogP contribution in [-0.2, 0) is 11.3 Å². The molecule has 1 aromatic heterocycles. The number of aromatic amines is 1. The molecule has 3 nitrogen and oxygen atoms in total. The summed E-state index contributed by atoms with van der Waals surface area (Å²) in [6.45, 7) is -1.48. The number of ether oxygens (including phenoxy) is 1. The molecule has 7 heteroatoms. The molecule has 1 saturated carbocycles. The molecule has 0 aliphatic heterocycles. The third-order valence-corrected chi connectivity index (χ3v) is 3.32. The summed E-state index contributed by atoms with van der Waals surface area (Å²) >= 11 is 5.04. The van der Waals surface area contributed by atoms with Crippen LogP contribution in [0.3, 0.4) is 0 Å². The zero-order chi connectivity index (χ0) is 13.9. The maximum Gasteiger partial charge on any atom is 0.411 e. The molecule has 1 heterocycles. The molecule has 0 amide bonds. The normalized spacial score (nSPS) is 17.0. The van der Waals surface area contributed by atoms with Gasteiger partial charge in [0.1, 0.15) is 23.7 Å². The molecule has 1 aliphatic rings. The molecule has 0 atom stereocenters. The van der Waals surface area contributed by atoms with E-state index in [0.29, 0.717) is 16.4 Å². The third kappa shape index (κ3) is 4.58. The Hall–Kier alpha value is -0.950. The second kappa shape index (κ2) is 6.00. The van der Waals surface area contributed by atoms with Crippen molar-refractivity contribution in [2.45, 2.75) is 44.4 Å². The molecule has 0 aromatic carbocycles. The van der Waals surface area contributed by atoms with Gasteiger partial charge in [-0.2, -0.15) is 13.2 Å². The Balaban J connectivity index is 2.02. The minimum absolute atomic E-state index is 0.205. The molecule has 0 radical (unpaired) electrons. The maximum atomic E-state index is 12.0. The van der Waals surface area contributed by atoms with Crippen LogP contribution in [0, 0.1) is 4.64 Å². The van der Waals surface area contributed by atoms with Crippen molar-refractivity contribution in [2.75, 3.05) is 6.61 Å². The highest BCUT2D eigenvalue weighted by molar-refractivity contribution is 7.71. The standard InChI is InChI=1S/C12H15F3N2OS/c13-12(14,15)7-18-6-10-16-9(5-11(19)17-10)8-3-1-2-4-8/h5,8H,1-4,6-7H2,(H,16,17,19). The Labute approximate surface area is 114 Å². The van der Waals surface area contributed by atoms with Gasteiger partial charge in [-0.3, -0.25) is 0 Å². The number of nitrogens with zero attached hydrogens (tertiary/aromatic N) is 1. The van der Waals surface area contributed by atoms with E-state index >= 15 is 0 Å². The number of halogens is 3. The Morgan fingerprint density at radius 3 is 2.68 bits per heavy atom. The summed E-state index contributed by atoms with van der Waals surface area (Å²) in [5, 5.41) is 0. The molecule has 19 heavy (non-hydrogen) atoms. The van der Waals surface area contributed by atoms with E-state index in [4.69, 9.17) is 12.2 Å². The second-order valence-electron chi connectivity index (χ2n) is 4.71. The zero-order valence-electron chi connectivity index (χ0n) is 10.3. The van der Waals surface area contributed by atoms with Crippen LogP contribution in [0.5, 0.6) is 0 Å². The summed E-state index contributed by atoms with van der Waals surface area (Å²) in [5.41, 5.74) is 0.961. The van der Waals surface area contributed by atoms with E-state index in [1.807, 2.05) is 0 Å². The first kappa shape index (κ1) is 14.5. The highest BCUT2D eigenvalue weighted by atomic mass is 32.1. The number of hydrogen-bond donors (Lipinski definition) is 1. The SMILES string of the molecule is FC(F)(F)COCc1nc(=S)cc(C2CCCC2)[nH]1. The predicted octanol–water partition coefficient (Wildman–Crippen LogP) is 3.88. The van der Waals surface area contributed by atoms with Gasteiger partial charge in [-0.05, 0) is 24.8 Å². The number of aromatic nitrogens is 2. The first-order chi connectivity index (χ1) is 8.94. The number of hydrogen-bond acceptors (Lipinski definition) is 3. The molecule has 1 fully saturated rings. The van der Waals surface area contributed by atoms with E-state index < -0.39 is 12.8 Å². The lowest BCUT2D eigenvalue weighted by atomic mass is 10.0. The van der Waals surface area contributed by atoms with Crippen LogP contribution in [0.2, 0.25) is 0 Å². The average molecular weight is 292 g/mol. The monoisotopic (exact) mass is 292 g/mol. The van der Waals surface area contributed by atoms with Gasteiger partial charge in [-0.15, -0.1) is 0 Å². The third-order valence-electron chi connectivity index (χ3n) is 3.11. The van der Waals surface area contributed by atoms with Gasteiger partial charge in [0.25, 0.3) is 0 Å². The number of alkyl halides is 3. The first-order valence-corrected chi connectivity index (χ1v) is 6.59. The smallest absolute Gasteiger partial charge is 0.364 e. The van der Waals surface area contributed by atoms with Crippen molar-refractivity contribution in [3.05, 3.63) is 22.2 Å². The van der Waals surface area contributed by atoms with Gasteiger partial charge in [0.2, 0.25) is 0 Å². The summed E-state index contributed by atoms with van der Waals surface area (Å²) < 4.78 is 40.9. The van der Waals surface area contributed by atoms with Crippen LogP contribution in [0.1, 0.15) is 43.1 Å². The molecule has 0 spiro atoms. The Morgan fingerprint density at radius 1 is 1.37 bits per heavy atom. The highest BCUT2D eigenvalue weighted by Crippen LogP contribution is 2.32. The molecular weight excluding hydrogens is 277 g/mol. The second-order valence-corrected chi connectivity index (χ2v) is 5.13. The van der Waals surface area contributed by atoms with Crippen LogP contribution in [-0.4, -0.2) is 22.8 Å². The van der Waals surface area contributed by atoms with E-state index in [0.717, 1.165) is 18.5 Å². The molecule has 1 aliphatic carbocycles. The van der Waals surface area contributed by atoms with E-state index in [-0.39, 0.29) is 6.61 Å². The average Bonchev–Trinajstić information content (AvgIpc) is 2.79. The molecular formula is C12H15F3N2OS. The lowest BCUT2D eigenvalue weighted by Crippen LogP contribution is -2.17. The fraction of sp³-hybridized carbons (Fsp3) is 0.667. The van der Waals surface area contributed by atoms with Gasteiger partial charge < -0.3 is 9.72 Å². The topological polar surface area (TPSA) is 37.9 Å². The van der Waals surface area contributed by atoms with Gasteiger partial charge in [0.15, 0.2) is 0 Å². The minimum Gasteiger partial charge on any atom is -0.364 e. The van der Waals surface area contributed by atoms with Crippen molar-refractivity contribution in [1.29, 1.82) is 0 Å². The van der Waals surface area contributed by atoms with Gasteiger partial charge in [-0.25, -0.2) is 4.98 Å². The van der Waals surface area contributed by atoms with Gasteiger partial charge in [0, 0.05) is 5.69 Å². The summed E-state index contributed by atoms with van der Waals surface area (Å²) in [5.74, 6) is 0.768. The van der Waals surface area contributed by atoms with E-state index in [2.05, 4.69) is 14.7 Å². The fourth-order valence-corrected chi connectivity index (χ4v) is 2.55. The lowest BCUT2D eigenvalue weighted by Gasteiger charge is -2.12. The van der Waals surface area contributed by atoms with Crippen molar-refractivity contribution in [3.8, 4) is 0 Å². The van der Waals surface area contributed by atoms with Crippen LogP contribution in [0.25, 0.3) is 0 Å². The van der Waals surface area contributed by atoms with Crippen LogP contribution < -0.4 is 0 Å². The van der Waals surface area contributed by atoms with E-state index in [1.54, 1.807) is 6.07 Å². The van der Waals surface area contributed by atoms with Crippen LogP contribution >= 0.6 is 12.2 Å². The van der Waals surface area contributed by atoms with Gasteiger partial charge in [0.05, 0.1) is 0 Å². The van der Waals surface area contributed by atoms with Crippen LogP contribution in [0.15, 0.2) is 6.07 Å². The zero-order valence-corrected chi connectivity index (χ0v) is 11.1. The Bertz CT molecular complexity index is 481. The molecule has 0 unspecified atom stereocenters. The summed E-state index contributed by atoms with van der Waals surface area (Å²) in [7, 11) is 0. The number of H-pyrrole nitrogens is 1. The van der Waals surface area contributed by atoms with E-state index in [1.165, 1.54) is 12.8 Å². The van der Waals surface area contributed by atoms with Gasteiger partial charge >= 0.3 is 6.18 Å². The Kier molecular flexibility index (Phi) is 4.57. The molecule has 106 valence electrons. The number of rotatable bonds is 4. The van der Waals surface area contributed by atoms with Crippen molar-refractivity contribution >= 4 is 12.2 Å². The van der Waals surface area contributed by atoms with Crippen molar-refractivity contribution in [2.24, 2.45) is 0 Å². The molecule has 1 aromatic rings. The summed E-state index contributed by atoms with van der Waals surface area (Å²) in [6.07, 6.45) is 0.192. The Morgan fingerprint density at radius 2 is 2.05 bits per heavy atom. The van der Waals surface area contributed by atoms with Crippen LogP contribution in [0.4, 0.5) is 13.2 Å². The molecule has 0 saturated heterocycles. The lowest BCUT2D eigenvalue weighted by molar-refractivity contribution is -0.177. The van der Waals surface area contributed by atoms with Gasteiger partial charge in [-0.1, -0.05) is 25.1 Å². The largest absolute Gasteiger partial charge is 0.411 e. The summed E-state index contributed by atoms with van der Waals surface area (Å²) in [4.78, 5) is 7.04. The first-order valence-electron chi connectivity index (χ1n) is 6.19. The van der Waals surface area contributed by atoms with E-state index in [9.17, 15) is 13.2 Å². The quantitative estimate of drug-likeness (QED) is 0.856. The number of nitrogens with one attached hydrogen (secondary N) is 1. The summed E-state index contributed by atoms with van der Waals surface area (Å²) in [6, 6.07) is 1.79. The molecule has 1 N–H and O–H groups in total. The minimum atomic E-state index is -4.32. The maximum absolute atomic E-state index is 12.0. The predicted molar refractivity (Wildman–Crippen MR) is 66.3 cm³/mol. The molecule has 0 bridgehead atoms. The fourth-order valence-electron chi connectivity index (χ4n) is 2.32. The molecule has 2 rings (SSSR count). The van der Waals surface area contributed by atoms with Crippen molar-refractivity contribution in [3.63, 3.8) is 0 Å². The van der Waals surface area contributed by atoms with Crippen molar-refractivity contribution < 1.29 is 17.9 Å². The van der Waals surface area contributed by atoms with Crippen molar-refractivity contribution in [1.82, 2.24) is 9.97 Å².